The molecule has 0 saturated heterocycles. The normalized spacial score (nSPS) is 18.6. The lowest BCUT2D eigenvalue weighted by molar-refractivity contribution is -0.144. The van der Waals surface area contributed by atoms with Crippen LogP contribution in [-0.2, 0) is 22.4 Å². The standard InChI is InChI=1S/C23H32O5/c24-19-9-8-17(6-2-1-4-10-22(12-13-22)20(25)26)18(16-19)7-3-5-11-23(14-15-23)21(27)28/h8-9,16,24H,1-7,10-15H2,(H,25,26)(H,27,28). The Morgan fingerprint density at radius 3 is 1.79 bits per heavy atom. The van der Waals surface area contributed by atoms with Crippen LogP contribution in [0, 0.1) is 10.8 Å². The number of aryl methyl sites for hydroxylation is 2. The number of hydrogen-bond donors (Lipinski definition) is 3. The van der Waals surface area contributed by atoms with Crippen molar-refractivity contribution in [1.29, 1.82) is 0 Å². The van der Waals surface area contributed by atoms with Crippen LogP contribution in [0.5, 0.6) is 5.75 Å². The van der Waals surface area contributed by atoms with Crippen LogP contribution in [0.2, 0.25) is 0 Å². The molecule has 0 bridgehead atoms. The summed E-state index contributed by atoms with van der Waals surface area (Å²) < 4.78 is 0. The molecule has 0 amide bonds. The van der Waals surface area contributed by atoms with Crippen LogP contribution in [-0.4, -0.2) is 27.3 Å². The van der Waals surface area contributed by atoms with Gasteiger partial charge in [0.2, 0.25) is 0 Å². The average molecular weight is 389 g/mol. The SMILES string of the molecule is O=C(O)C1(CCCCCc2ccc(O)cc2CCCCC2(C(=O)O)CC2)CC1. The van der Waals surface area contributed by atoms with Crippen molar-refractivity contribution in [3.05, 3.63) is 29.3 Å². The van der Waals surface area contributed by atoms with Gasteiger partial charge in [-0.25, -0.2) is 0 Å². The molecule has 3 rings (SSSR count). The van der Waals surface area contributed by atoms with Crippen molar-refractivity contribution >= 4 is 11.9 Å². The fourth-order valence-electron chi connectivity index (χ4n) is 4.27. The van der Waals surface area contributed by atoms with Crippen molar-refractivity contribution in [2.75, 3.05) is 0 Å². The molecule has 28 heavy (non-hydrogen) atoms. The number of unbranched alkanes of at least 4 members (excludes halogenated alkanes) is 3. The molecular weight excluding hydrogens is 356 g/mol. The molecule has 5 nitrogen and oxygen atoms in total. The molecule has 1 aromatic rings. The molecular formula is C23H32O5. The van der Waals surface area contributed by atoms with Gasteiger partial charge in [0, 0.05) is 0 Å². The molecule has 1 aromatic carbocycles. The molecule has 0 radical (unpaired) electrons. The molecule has 5 heteroatoms. The molecule has 2 aliphatic carbocycles. The molecule has 154 valence electrons. The van der Waals surface area contributed by atoms with Gasteiger partial charge < -0.3 is 15.3 Å². The van der Waals surface area contributed by atoms with Gasteiger partial charge in [0.25, 0.3) is 0 Å². The minimum Gasteiger partial charge on any atom is -0.508 e. The summed E-state index contributed by atoms with van der Waals surface area (Å²) in [6.07, 6.45) is 11.5. The van der Waals surface area contributed by atoms with Crippen molar-refractivity contribution in [3.8, 4) is 5.75 Å². The number of phenolic OH excluding ortho intramolecular Hbond substituents is 1. The first-order chi connectivity index (χ1) is 13.4. The Morgan fingerprint density at radius 2 is 1.25 bits per heavy atom. The van der Waals surface area contributed by atoms with E-state index < -0.39 is 22.8 Å². The lowest BCUT2D eigenvalue weighted by atomic mass is 9.93. The third kappa shape index (κ3) is 5.06. The van der Waals surface area contributed by atoms with Gasteiger partial charge in [-0.1, -0.05) is 25.3 Å². The number of hydrogen-bond acceptors (Lipinski definition) is 3. The quantitative estimate of drug-likeness (QED) is 0.416. The van der Waals surface area contributed by atoms with E-state index in [-0.39, 0.29) is 5.75 Å². The Labute approximate surface area is 166 Å². The topological polar surface area (TPSA) is 94.8 Å². The van der Waals surface area contributed by atoms with Crippen LogP contribution in [0.3, 0.4) is 0 Å². The predicted molar refractivity (Wildman–Crippen MR) is 106 cm³/mol. The Bertz CT molecular complexity index is 716. The van der Waals surface area contributed by atoms with Crippen LogP contribution in [0.15, 0.2) is 18.2 Å². The predicted octanol–water partition coefficient (Wildman–Crippen LogP) is 4.94. The maximum Gasteiger partial charge on any atom is 0.309 e. The maximum absolute atomic E-state index is 11.3. The highest BCUT2D eigenvalue weighted by Gasteiger charge is 2.49. The molecule has 0 unspecified atom stereocenters. The molecule has 2 aliphatic rings. The zero-order chi connectivity index (χ0) is 20.2. The highest BCUT2D eigenvalue weighted by molar-refractivity contribution is 5.78. The van der Waals surface area contributed by atoms with E-state index in [1.54, 1.807) is 6.07 Å². The van der Waals surface area contributed by atoms with Crippen LogP contribution in [0.25, 0.3) is 0 Å². The van der Waals surface area contributed by atoms with Gasteiger partial charge in [0.1, 0.15) is 5.75 Å². The fraction of sp³-hybridized carbons (Fsp3) is 0.652. The lowest BCUT2D eigenvalue weighted by Crippen LogP contribution is -2.14. The highest BCUT2D eigenvalue weighted by Crippen LogP contribution is 2.50. The summed E-state index contributed by atoms with van der Waals surface area (Å²) in [6.45, 7) is 0. The number of aromatic hydroxyl groups is 1. The lowest BCUT2D eigenvalue weighted by Gasteiger charge is -2.13. The summed E-state index contributed by atoms with van der Waals surface area (Å²) >= 11 is 0. The third-order valence-corrected chi connectivity index (χ3v) is 6.76. The van der Waals surface area contributed by atoms with E-state index >= 15 is 0 Å². The monoisotopic (exact) mass is 388 g/mol. The van der Waals surface area contributed by atoms with Crippen molar-refractivity contribution in [2.45, 2.75) is 83.5 Å². The summed E-state index contributed by atoms with van der Waals surface area (Å²) in [5.74, 6) is -1.01. The largest absolute Gasteiger partial charge is 0.508 e. The Kier molecular flexibility index (Phi) is 6.31. The van der Waals surface area contributed by atoms with Crippen LogP contribution >= 0.6 is 0 Å². The van der Waals surface area contributed by atoms with E-state index in [1.165, 1.54) is 5.56 Å². The van der Waals surface area contributed by atoms with Gasteiger partial charge in [0.05, 0.1) is 10.8 Å². The molecule has 0 atom stereocenters. The van der Waals surface area contributed by atoms with Crippen LogP contribution in [0.4, 0.5) is 0 Å². The van der Waals surface area contributed by atoms with Crippen molar-refractivity contribution < 1.29 is 24.9 Å². The van der Waals surface area contributed by atoms with E-state index in [0.717, 1.165) is 89.0 Å². The van der Waals surface area contributed by atoms with E-state index in [1.807, 2.05) is 12.1 Å². The molecule has 0 aliphatic heterocycles. The zero-order valence-electron chi connectivity index (χ0n) is 16.6. The molecule has 0 aromatic heterocycles. The van der Waals surface area contributed by atoms with E-state index in [9.17, 15) is 24.9 Å². The smallest absolute Gasteiger partial charge is 0.309 e. The van der Waals surface area contributed by atoms with Gasteiger partial charge in [-0.15, -0.1) is 0 Å². The summed E-state index contributed by atoms with van der Waals surface area (Å²) in [4.78, 5) is 22.5. The van der Waals surface area contributed by atoms with Crippen LogP contribution in [0.1, 0.15) is 81.8 Å². The van der Waals surface area contributed by atoms with E-state index in [4.69, 9.17) is 0 Å². The summed E-state index contributed by atoms with van der Waals surface area (Å²) in [5.41, 5.74) is 1.54. The third-order valence-electron chi connectivity index (χ3n) is 6.76. The van der Waals surface area contributed by atoms with Gasteiger partial charge >= 0.3 is 11.9 Å². The number of carboxylic acid groups (broad SMARTS) is 2. The first-order valence-electron chi connectivity index (χ1n) is 10.6. The number of carboxylic acids is 2. The second kappa shape index (κ2) is 8.54. The average Bonchev–Trinajstić information content (AvgIpc) is 3.55. The minimum atomic E-state index is -0.651. The molecule has 0 spiro atoms. The Morgan fingerprint density at radius 1 is 0.750 bits per heavy atom. The maximum atomic E-state index is 11.3. The summed E-state index contributed by atoms with van der Waals surface area (Å²) in [6, 6.07) is 5.55. The number of carbonyl (C=O) groups is 2. The molecule has 3 N–H and O–H groups in total. The van der Waals surface area contributed by atoms with Gasteiger partial charge in [0.15, 0.2) is 0 Å². The zero-order valence-corrected chi connectivity index (χ0v) is 16.6. The van der Waals surface area contributed by atoms with E-state index in [0.29, 0.717) is 0 Å². The van der Waals surface area contributed by atoms with Gasteiger partial charge in [-0.05, 0) is 87.5 Å². The highest BCUT2D eigenvalue weighted by atomic mass is 16.4. The Balaban J connectivity index is 1.40. The van der Waals surface area contributed by atoms with Crippen molar-refractivity contribution in [3.63, 3.8) is 0 Å². The van der Waals surface area contributed by atoms with E-state index in [2.05, 4.69) is 0 Å². The molecule has 2 saturated carbocycles. The molecule has 0 heterocycles. The fourth-order valence-corrected chi connectivity index (χ4v) is 4.27. The number of aliphatic carboxylic acids is 2. The van der Waals surface area contributed by atoms with Gasteiger partial charge in [-0.3, -0.25) is 9.59 Å². The minimum absolute atomic E-state index is 0.278. The first-order valence-corrected chi connectivity index (χ1v) is 10.6. The first kappa shape index (κ1) is 20.7. The second-order valence-electron chi connectivity index (χ2n) is 8.89. The van der Waals surface area contributed by atoms with Crippen LogP contribution < -0.4 is 0 Å². The number of benzene rings is 1. The number of phenols is 1. The number of rotatable bonds is 13. The van der Waals surface area contributed by atoms with Crippen molar-refractivity contribution in [2.24, 2.45) is 10.8 Å². The Hall–Kier alpha value is -2.04. The summed E-state index contributed by atoms with van der Waals surface area (Å²) in [5, 5.41) is 28.3. The van der Waals surface area contributed by atoms with Crippen molar-refractivity contribution in [1.82, 2.24) is 0 Å². The second-order valence-corrected chi connectivity index (χ2v) is 8.89. The molecule has 2 fully saturated rings. The summed E-state index contributed by atoms with van der Waals surface area (Å²) in [7, 11) is 0. The van der Waals surface area contributed by atoms with Gasteiger partial charge in [-0.2, -0.15) is 0 Å².